The van der Waals surface area contributed by atoms with Crippen LogP contribution < -0.4 is 11.1 Å². The van der Waals surface area contributed by atoms with Crippen LogP contribution in [0.15, 0.2) is 18.2 Å². The van der Waals surface area contributed by atoms with Gasteiger partial charge in [-0.25, -0.2) is 0 Å². The van der Waals surface area contributed by atoms with Crippen LogP contribution in [-0.4, -0.2) is 16.4 Å². The summed E-state index contributed by atoms with van der Waals surface area (Å²) in [5.41, 5.74) is 4.48. The number of amides is 1. The fraction of sp³-hybridized carbons (Fsp3) is 0.364. The Bertz CT molecular complexity index is 488. The summed E-state index contributed by atoms with van der Waals surface area (Å²) in [5.74, 6) is -0.489. The second kappa shape index (κ2) is 5.22. The maximum atomic E-state index is 10.9. The number of hydrogen-bond acceptors (Lipinski definition) is 4. The van der Waals surface area contributed by atoms with E-state index in [0.717, 1.165) is 0 Å². The third kappa shape index (κ3) is 3.59. The molecule has 0 radical (unpaired) electrons. The zero-order valence-electron chi connectivity index (χ0n) is 10.1. The van der Waals surface area contributed by atoms with Crippen LogP contribution in [0.5, 0.6) is 0 Å². The molecule has 0 aromatic heterocycles. The molecule has 1 rings (SSSR count). The minimum Gasteiger partial charge on any atom is -0.374 e. The van der Waals surface area contributed by atoms with Crippen LogP contribution >= 0.6 is 11.6 Å². The van der Waals surface area contributed by atoms with Crippen LogP contribution in [0.4, 0.5) is 11.4 Å². The maximum absolute atomic E-state index is 10.9. The van der Waals surface area contributed by atoms with Gasteiger partial charge in [-0.2, -0.15) is 0 Å². The van der Waals surface area contributed by atoms with Crippen LogP contribution in [-0.2, 0) is 4.79 Å². The summed E-state index contributed by atoms with van der Waals surface area (Å²) in [7, 11) is 0. The first-order valence-corrected chi connectivity index (χ1v) is 5.60. The number of anilines is 1. The summed E-state index contributed by atoms with van der Waals surface area (Å²) < 4.78 is 0. The molecular formula is C11H14ClN3O3. The highest BCUT2D eigenvalue weighted by Gasteiger charge is 2.26. The molecule has 98 valence electrons. The molecule has 0 fully saturated rings. The minimum atomic E-state index is -0.693. The lowest BCUT2D eigenvalue weighted by molar-refractivity contribution is -0.383. The van der Waals surface area contributed by atoms with E-state index in [-0.39, 0.29) is 22.8 Å². The van der Waals surface area contributed by atoms with Gasteiger partial charge in [0, 0.05) is 12.0 Å². The summed E-state index contributed by atoms with van der Waals surface area (Å²) in [6.07, 6.45) is 0.0522. The van der Waals surface area contributed by atoms with E-state index in [0.29, 0.717) is 0 Å². The first kappa shape index (κ1) is 14.2. The molecule has 0 saturated carbocycles. The molecule has 0 aliphatic heterocycles. The molecule has 1 amide bonds. The maximum Gasteiger partial charge on any atom is 0.310 e. The average Bonchev–Trinajstić information content (AvgIpc) is 2.13. The van der Waals surface area contributed by atoms with E-state index in [9.17, 15) is 14.9 Å². The van der Waals surface area contributed by atoms with Crippen molar-refractivity contribution in [3.05, 3.63) is 33.3 Å². The molecule has 3 N–H and O–H groups in total. The lowest BCUT2D eigenvalue weighted by Gasteiger charge is -2.26. The molecule has 1 aromatic rings. The van der Waals surface area contributed by atoms with Gasteiger partial charge in [0.1, 0.15) is 10.7 Å². The lowest BCUT2D eigenvalue weighted by Crippen LogP contribution is -2.36. The predicted octanol–water partition coefficient (Wildman–Crippen LogP) is 2.31. The van der Waals surface area contributed by atoms with Gasteiger partial charge in [0.05, 0.1) is 4.92 Å². The number of nitrogens with two attached hydrogens (primary N) is 1. The van der Waals surface area contributed by atoms with Crippen molar-refractivity contribution in [2.24, 2.45) is 5.73 Å². The van der Waals surface area contributed by atoms with Gasteiger partial charge in [-0.15, -0.1) is 0 Å². The monoisotopic (exact) mass is 271 g/mol. The number of para-hydroxylation sites is 1. The fourth-order valence-electron chi connectivity index (χ4n) is 1.65. The summed E-state index contributed by atoms with van der Waals surface area (Å²) in [5, 5.41) is 13.9. The van der Waals surface area contributed by atoms with Gasteiger partial charge in [-0.3, -0.25) is 14.9 Å². The molecular weight excluding hydrogens is 258 g/mol. The van der Waals surface area contributed by atoms with Crippen molar-refractivity contribution in [2.45, 2.75) is 25.8 Å². The van der Waals surface area contributed by atoms with Crippen LogP contribution in [0.2, 0.25) is 5.02 Å². The number of carbonyl (C=O) groups is 1. The van der Waals surface area contributed by atoms with E-state index >= 15 is 0 Å². The van der Waals surface area contributed by atoms with Crippen molar-refractivity contribution in [1.29, 1.82) is 0 Å². The number of halogens is 1. The Labute approximate surface area is 109 Å². The largest absolute Gasteiger partial charge is 0.374 e. The van der Waals surface area contributed by atoms with Gasteiger partial charge in [-0.1, -0.05) is 17.7 Å². The Morgan fingerprint density at radius 1 is 1.56 bits per heavy atom. The lowest BCUT2D eigenvalue weighted by atomic mass is 9.99. The number of hydrogen-bond donors (Lipinski definition) is 2. The van der Waals surface area contributed by atoms with Crippen molar-refractivity contribution < 1.29 is 9.72 Å². The zero-order valence-corrected chi connectivity index (χ0v) is 10.8. The number of carbonyl (C=O) groups excluding carboxylic acids is 1. The van der Waals surface area contributed by atoms with Gasteiger partial charge in [0.25, 0.3) is 0 Å². The van der Waals surface area contributed by atoms with E-state index < -0.39 is 16.4 Å². The van der Waals surface area contributed by atoms with E-state index in [4.69, 9.17) is 17.3 Å². The van der Waals surface area contributed by atoms with E-state index in [1.54, 1.807) is 19.9 Å². The summed E-state index contributed by atoms with van der Waals surface area (Å²) >= 11 is 5.79. The van der Waals surface area contributed by atoms with Gasteiger partial charge >= 0.3 is 5.69 Å². The van der Waals surface area contributed by atoms with Crippen molar-refractivity contribution >= 4 is 28.9 Å². The molecule has 0 saturated heterocycles. The second-order valence-corrected chi connectivity index (χ2v) is 4.95. The topological polar surface area (TPSA) is 98.3 Å². The Hall–Kier alpha value is -1.82. The minimum absolute atomic E-state index is 0.0416. The Balaban J connectivity index is 3.08. The molecule has 18 heavy (non-hydrogen) atoms. The number of primary amides is 1. The highest BCUT2D eigenvalue weighted by Crippen LogP contribution is 2.34. The van der Waals surface area contributed by atoms with E-state index in [1.165, 1.54) is 12.1 Å². The SMILES string of the molecule is CC(C)(CC(N)=O)Nc1cccc(Cl)c1[N+](=O)[O-]. The molecule has 7 heteroatoms. The van der Waals surface area contributed by atoms with Crippen molar-refractivity contribution in [3.8, 4) is 0 Å². The van der Waals surface area contributed by atoms with Gasteiger partial charge < -0.3 is 11.1 Å². The quantitative estimate of drug-likeness (QED) is 0.634. The van der Waals surface area contributed by atoms with Gasteiger partial charge in [0.2, 0.25) is 5.91 Å². The summed E-state index contributed by atoms with van der Waals surface area (Å²) in [4.78, 5) is 21.3. The van der Waals surface area contributed by atoms with Crippen LogP contribution in [0, 0.1) is 10.1 Å². The first-order chi connectivity index (χ1) is 8.23. The molecule has 6 nitrogen and oxygen atoms in total. The molecule has 1 aromatic carbocycles. The highest BCUT2D eigenvalue weighted by atomic mass is 35.5. The third-order valence-electron chi connectivity index (χ3n) is 2.26. The molecule has 0 heterocycles. The third-order valence-corrected chi connectivity index (χ3v) is 2.56. The van der Waals surface area contributed by atoms with Gasteiger partial charge in [0.15, 0.2) is 0 Å². The van der Waals surface area contributed by atoms with Crippen LogP contribution in [0.3, 0.4) is 0 Å². The molecule has 0 unspecified atom stereocenters. The number of nitrogens with one attached hydrogen (secondary N) is 1. The van der Waals surface area contributed by atoms with Crippen molar-refractivity contribution in [1.82, 2.24) is 0 Å². The highest BCUT2D eigenvalue weighted by molar-refractivity contribution is 6.33. The number of benzene rings is 1. The summed E-state index contributed by atoms with van der Waals surface area (Å²) in [6, 6.07) is 4.57. The normalized spacial score (nSPS) is 11.1. The number of rotatable bonds is 5. The smallest absolute Gasteiger partial charge is 0.310 e. The zero-order chi connectivity index (χ0) is 13.9. The van der Waals surface area contributed by atoms with Crippen molar-refractivity contribution in [2.75, 3.05) is 5.32 Å². The van der Waals surface area contributed by atoms with E-state index in [1.807, 2.05) is 0 Å². The predicted molar refractivity (Wildman–Crippen MR) is 69.6 cm³/mol. The molecule has 0 spiro atoms. The van der Waals surface area contributed by atoms with Gasteiger partial charge in [-0.05, 0) is 26.0 Å². The summed E-state index contributed by atoms with van der Waals surface area (Å²) in [6.45, 7) is 3.45. The molecule has 0 aliphatic rings. The van der Waals surface area contributed by atoms with Crippen LogP contribution in [0.25, 0.3) is 0 Å². The molecule has 0 aliphatic carbocycles. The average molecular weight is 272 g/mol. The standard InChI is InChI=1S/C11H14ClN3O3/c1-11(2,6-9(13)16)14-8-5-3-4-7(12)10(8)15(17)18/h3-5,14H,6H2,1-2H3,(H2,13,16). The molecule has 0 atom stereocenters. The Morgan fingerprint density at radius 3 is 2.67 bits per heavy atom. The van der Waals surface area contributed by atoms with Crippen molar-refractivity contribution in [3.63, 3.8) is 0 Å². The number of nitro benzene ring substituents is 1. The number of nitrogens with zero attached hydrogens (tertiary/aromatic N) is 1. The Morgan fingerprint density at radius 2 is 2.17 bits per heavy atom. The first-order valence-electron chi connectivity index (χ1n) is 5.22. The number of nitro groups is 1. The fourth-order valence-corrected chi connectivity index (χ4v) is 1.89. The Kier molecular flexibility index (Phi) is 4.13. The second-order valence-electron chi connectivity index (χ2n) is 4.55. The van der Waals surface area contributed by atoms with E-state index in [2.05, 4.69) is 5.32 Å². The molecule has 0 bridgehead atoms. The van der Waals surface area contributed by atoms with Crippen LogP contribution in [0.1, 0.15) is 20.3 Å².